The monoisotopic (exact) mass is 391 g/mol. The summed E-state index contributed by atoms with van der Waals surface area (Å²) in [6.45, 7) is 2.37. The average Bonchev–Trinajstić information content (AvgIpc) is 2.88. The summed E-state index contributed by atoms with van der Waals surface area (Å²) in [5.41, 5.74) is 0.417. The van der Waals surface area contributed by atoms with Gasteiger partial charge in [-0.2, -0.15) is 0 Å². The third-order valence-corrected chi connectivity index (χ3v) is 6.03. The number of sulfonamides is 1. The number of halogens is 1. The first-order valence-corrected chi connectivity index (χ1v) is 9.14. The highest BCUT2D eigenvalue weighted by atomic mass is 79.9. The summed E-state index contributed by atoms with van der Waals surface area (Å²) in [6.07, 6.45) is 0. The summed E-state index contributed by atoms with van der Waals surface area (Å²) >= 11 is 4.39. The van der Waals surface area contributed by atoms with Crippen molar-refractivity contribution in [3.8, 4) is 11.5 Å². The normalized spacial score (nSPS) is 11.2. The molecule has 0 bridgehead atoms. The van der Waals surface area contributed by atoms with Gasteiger partial charge in [-0.25, -0.2) is 8.42 Å². The summed E-state index contributed by atoms with van der Waals surface area (Å²) in [4.78, 5) is 0. The Morgan fingerprint density at radius 2 is 2.00 bits per heavy atom. The predicted octanol–water partition coefficient (Wildman–Crippen LogP) is 3.72. The Morgan fingerprint density at radius 1 is 1.24 bits per heavy atom. The number of nitrogens with one attached hydrogen (secondary N) is 1. The van der Waals surface area contributed by atoms with E-state index in [-0.39, 0.29) is 4.21 Å². The van der Waals surface area contributed by atoms with E-state index in [0.717, 1.165) is 15.1 Å². The molecule has 8 heteroatoms. The lowest BCUT2D eigenvalue weighted by atomic mass is 10.3. The Labute approximate surface area is 136 Å². The summed E-state index contributed by atoms with van der Waals surface area (Å²) in [6, 6.07) is 8.13. The van der Waals surface area contributed by atoms with Gasteiger partial charge >= 0.3 is 0 Å². The van der Waals surface area contributed by atoms with Gasteiger partial charge in [0.05, 0.1) is 23.2 Å². The van der Waals surface area contributed by atoms with Gasteiger partial charge < -0.3 is 9.47 Å². The second-order valence-corrected chi connectivity index (χ2v) is 8.33. The van der Waals surface area contributed by atoms with Crippen LogP contribution in [0.3, 0.4) is 0 Å². The molecule has 1 heterocycles. The van der Waals surface area contributed by atoms with Crippen molar-refractivity contribution >= 4 is 43.0 Å². The van der Waals surface area contributed by atoms with Gasteiger partial charge in [-0.05, 0) is 47.1 Å². The summed E-state index contributed by atoms with van der Waals surface area (Å²) in [5, 5.41) is 0. The van der Waals surface area contributed by atoms with E-state index in [1.165, 1.54) is 7.11 Å². The van der Waals surface area contributed by atoms with E-state index < -0.39 is 10.0 Å². The highest BCUT2D eigenvalue weighted by Gasteiger charge is 2.17. The quantitative estimate of drug-likeness (QED) is 0.814. The standard InChI is InChI=1S/C13H14BrNO4S2/c1-3-19-10-5-4-9(8-11(10)18-2)15-21(16,17)13-7-6-12(14)20-13/h4-8,15H,3H2,1-2H3. The van der Waals surface area contributed by atoms with Gasteiger partial charge in [0.25, 0.3) is 10.0 Å². The van der Waals surface area contributed by atoms with E-state index in [9.17, 15) is 8.42 Å². The third-order valence-electron chi connectivity index (χ3n) is 2.53. The summed E-state index contributed by atoms with van der Waals surface area (Å²) < 4.78 is 38.6. The van der Waals surface area contributed by atoms with Crippen LogP contribution in [0.1, 0.15) is 6.92 Å². The van der Waals surface area contributed by atoms with E-state index in [0.29, 0.717) is 23.8 Å². The van der Waals surface area contributed by atoms with Crippen molar-refractivity contribution in [3.05, 3.63) is 34.1 Å². The van der Waals surface area contributed by atoms with Crippen molar-refractivity contribution in [3.63, 3.8) is 0 Å². The highest BCUT2D eigenvalue weighted by molar-refractivity contribution is 9.11. The molecule has 0 unspecified atom stereocenters. The topological polar surface area (TPSA) is 64.6 Å². The van der Waals surface area contributed by atoms with E-state index >= 15 is 0 Å². The molecule has 0 spiro atoms. The first-order chi connectivity index (χ1) is 9.96. The zero-order valence-electron chi connectivity index (χ0n) is 11.4. The third kappa shape index (κ3) is 3.90. The maximum Gasteiger partial charge on any atom is 0.271 e. The molecule has 1 aromatic carbocycles. The van der Waals surface area contributed by atoms with E-state index in [1.807, 2.05) is 6.92 Å². The zero-order chi connectivity index (χ0) is 15.5. The van der Waals surface area contributed by atoms with Crippen LogP contribution in [0.15, 0.2) is 38.3 Å². The number of benzene rings is 1. The van der Waals surface area contributed by atoms with Crippen LogP contribution in [0.4, 0.5) is 5.69 Å². The minimum absolute atomic E-state index is 0.238. The maximum atomic E-state index is 12.2. The van der Waals surface area contributed by atoms with Gasteiger partial charge in [0.2, 0.25) is 0 Å². The molecule has 0 fully saturated rings. The van der Waals surface area contributed by atoms with E-state index in [2.05, 4.69) is 20.7 Å². The molecule has 1 N–H and O–H groups in total. The second kappa shape index (κ2) is 6.67. The molecule has 1 aromatic heterocycles. The predicted molar refractivity (Wildman–Crippen MR) is 87.0 cm³/mol. The number of thiophene rings is 1. The van der Waals surface area contributed by atoms with Crippen molar-refractivity contribution in [2.24, 2.45) is 0 Å². The molecule has 114 valence electrons. The smallest absolute Gasteiger partial charge is 0.271 e. The van der Waals surface area contributed by atoms with Crippen LogP contribution in [0.2, 0.25) is 0 Å². The molecule has 2 rings (SSSR count). The molecule has 0 aliphatic rings. The van der Waals surface area contributed by atoms with Gasteiger partial charge in [-0.15, -0.1) is 11.3 Å². The number of anilines is 1. The van der Waals surface area contributed by atoms with Crippen LogP contribution in [0.5, 0.6) is 11.5 Å². The van der Waals surface area contributed by atoms with Crippen molar-refractivity contribution in [2.75, 3.05) is 18.4 Å². The number of hydrogen-bond acceptors (Lipinski definition) is 5. The molecule has 0 atom stereocenters. The minimum Gasteiger partial charge on any atom is -0.493 e. The Kier molecular flexibility index (Phi) is 5.13. The Balaban J connectivity index is 2.27. The second-order valence-electron chi connectivity index (χ2n) is 3.96. The number of hydrogen-bond donors (Lipinski definition) is 1. The number of rotatable bonds is 6. The zero-order valence-corrected chi connectivity index (χ0v) is 14.6. The van der Waals surface area contributed by atoms with Crippen LogP contribution < -0.4 is 14.2 Å². The van der Waals surface area contributed by atoms with Gasteiger partial charge in [0.15, 0.2) is 11.5 Å². The van der Waals surface area contributed by atoms with Crippen LogP contribution >= 0.6 is 27.3 Å². The van der Waals surface area contributed by atoms with Crippen molar-refractivity contribution in [1.29, 1.82) is 0 Å². The summed E-state index contributed by atoms with van der Waals surface area (Å²) in [7, 11) is -2.09. The molecule has 0 amide bonds. The fourth-order valence-electron chi connectivity index (χ4n) is 1.65. The van der Waals surface area contributed by atoms with Crippen LogP contribution in [0.25, 0.3) is 0 Å². The van der Waals surface area contributed by atoms with Crippen LogP contribution in [0, 0.1) is 0 Å². The lowest BCUT2D eigenvalue weighted by molar-refractivity contribution is 0.311. The van der Waals surface area contributed by atoms with Crippen molar-refractivity contribution in [2.45, 2.75) is 11.1 Å². The lowest BCUT2D eigenvalue weighted by Gasteiger charge is -2.12. The Morgan fingerprint density at radius 3 is 2.57 bits per heavy atom. The molecule has 2 aromatic rings. The van der Waals surface area contributed by atoms with Crippen molar-refractivity contribution < 1.29 is 17.9 Å². The molecule has 0 saturated heterocycles. The highest BCUT2D eigenvalue weighted by Crippen LogP contribution is 2.32. The van der Waals surface area contributed by atoms with Gasteiger partial charge in [0.1, 0.15) is 4.21 Å². The summed E-state index contributed by atoms with van der Waals surface area (Å²) in [5.74, 6) is 1.05. The lowest BCUT2D eigenvalue weighted by Crippen LogP contribution is -2.11. The molecular formula is C13H14BrNO4S2. The van der Waals surface area contributed by atoms with E-state index in [4.69, 9.17) is 9.47 Å². The Hall–Kier alpha value is -1.25. The Bertz CT molecular complexity index is 728. The fourth-order valence-corrected chi connectivity index (χ4v) is 4.71. The SMILES string of the molecule is CCOc1ccc(NS(=O)(=O)c2ccc(Br)s2)cc1OC. The first kappa shape index (κ1) is 16.1. The number of methoxy groups -OCH3 is 1. The number of ether oxygens (including phenoxy) is 2. The van der Waals surface area contributed by atoms with Crippen molar-refractivity contribution in [1.82, 2.24) is 0 Å². The fraction of sp³-hybridized carbons (Fsp3) is 0.231. The molecule has 0 radical (unpaired) electrons. The molecule has 5 nitrogen and oxygen atoms in total. The molecule has 0 aliphatic carbocycles. The van der Waals surface area contributed by atoms with Gasteiger partial charge in [0, 0.05) is 6.07 Å². The van der Waals surface area contributed by atoms with Gasteiger partial charge in [-0.1, -0.05) is 0 Å². The molecule has 0 saturated carbocycles. The largest absolute Gasteiger partial charge is 0.493 e. The average molecular weight is 392 g/mol. The minimum atomic E-state index is -3.60. The van der Waals surface area contributed by atoms with Crippen LogP contribution in [-0.2, 0) is 10.0 Å². The molecule has 0 aliphatic heterocycles. The van der Waals surface area contributed by atoms with Crippen LogP contribution in [-0.4, -0.2) is 22.1 Å². The van der Waals surface area contributed by atoms with Gasteiger partial charge in [-0.3, -0.25) is 4.72 Å². The maximum absolute atomic E-state index is 12.2. The van der Waals surface area contributed by atoms with E-state index in [1.54, 1.807) is 30.3 Å². The molecule has 21 heavy (non-hydrogen) atoms. The molecular weight excluding hydrogens is 378 g/mol. The first-order valence-electron chi connectivity index (χ1n) is 6.05.